The van der Waals surface area contributed by atoms with E-state index < -0.39 is 0 Å². The summed E-state index contributed by atoms with van der Waals surface area (Å²) in [5, 5.41) is 7.49. The Bertz CT molecular complexity index is 826. The van der Waals surface area contributed by atoms with Crippen molar-refractivity contribution in [2.45, 2.75) is 19.4 Å². The monoisotopic (exact) mass is 526 g/mol. The van der Waals surface area contributed by atoms with Crippen molar-refractivity contribution in [1.82, 2.24) is 20.0 Å². The van der Waals surface area contributed by atoms with E-state index in [0.29, 0.717) is 19.7 Å². The topological polar surface area (TPSA) is 75.0 Å². The van der Waals surface area contributed by atoms with Gasteiger partial charge in [0.2, 0.25) is 5.91 Å². The molecule has 1 unspecified atom stereocenters. The van der Waals surface area contributed by atoms with E-state index in [1.165, 1.54) is 5.56 Å². The Morgan fingerprint density at radius 3 is 2.70 bits per heavy atom. The number of aliphatic imine (C=N–C) groups is 1. The molecule has 1 aromatic carbocycles. The molecule has 0 spiro atoms. The molecule has 0 radical (unpaired) electrons. The smallest absolute Gasteiger partial charge is 0.246 e. The molecule has 0 bridgehead atoms. The Kier molecular flexibility index (Phi) is 9.57. The number of nitrogens with one attached hydrogen (secondary N) is 1. The number of anilines is 1. The highest BCUT2D eigenvalue weighted by atomic mass is 127. The summed E-state index contributed by atoms with van der Waals surface area (Å²) in [4.78, 5) is 20.7. The molecule has 9 heteroatoms. The second kappa shape index (κ2) is 11.9. The fourth-order valence-electron chi connectivity index (χ4n) is 3.36. The molecule has 2 heterocycles. The molecule has 164 valence electrons. The van der Waals surface area contributed by atoms with E-state index in [9.17, 15) is 4.79 Å². The van der Waals surface area contributed by atoms with Crippen LogP contribution in [0.25, 0.3) is 0 Å². The number of rotatable bonds is 7. The Hall–Kier alpha value is -2.14. The Morgan fingerprint density at radius 1 is 1.30 bits per heavy atom. The first-order valence-corrected chi connectivity index (χ1v) is 9.99. The lowest BCUT2D eigenvalue weighted by Gasteiger charge is -2.35. The Balaban J connectivity index is 0.00000320. The van der Waals surface area contributed by atoms with Crippen molar-refractivity contribution in [3.8, 4) is 0 Å². The molecule has 0 aliphatic carbocycles. The standard InChI is InChI=1S/C21H30N6O2.HI/c1-17(18-8-5-4-6-9-18)29-13-7-10-23-21(22-2)26-11-12-27(20(28)16-26)19-14-24-25(3)15-19;/h4-6,8-9,14-15,17H,7,10-13,16H2,1-3H3,(H,22,23);1H. The number of ether oxygens (including phenoxy) is 1. The number of guanidine groups is 1. The second-order valence-corrected chi connectivity index (χ2v) is 7.09. The number of aromatic nitrogens is 2. The summed E-state index contributed by atoms with van der Waals surface area (Å²) in [5.74, 6) is 0.799. The predicted octanol–water partition coefficient (Wildman–Crippen LogP) is 2.43. The number of piperazine rings is 1. The van der Waals surface area contributed by atoms with Crippen molar-refractivity contribution in [2.24, 2.45) is 12.0 Å². The van der Waals surface area contributed by atoms with Crippen LogP contribution < -0.4 is 10.2 Å². The summed E-state index contributed by atoms with van der Waals surface area (Å²) in [5.41, 5.74) is 2.02. The Labute approximate surface area is 195 Å². The van der Waals surface area contributed by atoms with Crippen molar-refractivity contribution in [1.29, 1.82) is 0 Å². The average molecular weight is 526 g/mol. The lowest BCUT2D eigenvalue weighted by atomic mass is 10.1. The zero-order chi connectivity index (χ0) is 20.6. The van der Waals surface area contributed by atoms with Crippen molar-refractivity contribution in [3.63, 3.8) is 0 Å². The normalized spacial score (nSPS) is 15.7. The third-order valence-corrected chi connectivity index (χ3v) is 4.98. The molecule has 0 saturated carbocycles. The van der Waals surface area contributed by atoms with Gasteiger partial charge in [0.25, 0.3) is 0 Å². The van der Waals surface area contributed by atoms with E-state index in [2.05, 4.69) is 34.5 Å². The summed E-state index contributed by atoms with van der Waals surface area (Å²) in [6.07, 6.45) is 4.52. The van der Waals surface area contributed by atoms with E-state index in [1.807, 2.05) is 36.3 Å². The molecule has 1 fully saturated rings. The molecule has 1 atom stereocenters. The molecule has 30 heavy (non-hydrogen) atoms. The predicted molar refractivity (Wildman–Crippen MR) is 129 cm³/mol. The number of halogens is 1. The molecule has 1 aliphatic heterocycles. The first-order valence-electron chi connectivity index (χ1n) is 9.99. The third kappa shape index (κ3) is 6.43. The minimum absolute atomic E-state index is 0. The lowest BCUT2D eigenvalue weighted by Crippen LogP contribution is -2.55. The van der Waals surface area contributed by atoms with Crippen LogP contribution in [0.4, 0.5) is 5.69 Å². The highest BCUT2D eigenvalue weighted by Crippen LogP contribution is 2.17. The van der Waals surface area contributed by atoms with E-state index in [0.717, 1.165) is 31.2 Å². The van der Waals surface area contributed by atoms with Gasteiger partial charge in [-0.3, -0.25) is 14.5 Å². The molecular weight excluding hydrogens is 495 g/mol. The van der Waals surface area contributed by atoms with Crippen molar-refractivity contribution in [3.05, 3.63) is 48.3 Å². The van der Waals surface area contributed by atoms with Crippen LogP contribution >= 0.6 is 24.0 Å². The van der Waals surface area contributed by atoms with Gasteiger partial charge in [-0.1, -0.05) is 30.3 Å². The molecule has 2 aromatic rings. The number of amides is 1. The van der Waals surface area contributed by atoms with Gasteiger partial charge in [0.15, 0.2) is 5.96 Å². The maximum absolute atomic E-state index is 12.6. The van der Waals surface area contributed by atoms with Crippen LogP contribution in [0.2, 0.25) is 0 Å². The zero-order valence-electron chi connectivity index (χ0n) is 17.8. The van der Waals surface area contributed by atoms with Gasteiger partial charge in [-0.05, 0) is 18.9 Å². The molecule has 1 aromatic heterocycles. The fraction of sp³-hybridized carbons (Fsp3) is 0.476. The fourth-order valence-corrected chi connectivity index (χ4v) is 3.36. The SMILES string of the molecule is CN=C(NCCCOC(C)c1ccccc1)N1CCN(c2cnn(C)c2)C(=O)C1.I. The molecule has 1 N–H and O–H groups in total. The van der Waals surface area contributed by atoms with Crippen LogP contribution in [0.15, 0.2) is 47.7 Å². The minimum Gasteiger partial charge on any atom is -0.374 e. The summed E-state index contributed by atoms with van der Waals surface area (Å²) >= 11 is 0. The molecular formula is C21H31IN6O2. The van der Waals surface area contributed by atoms with Crippen LogP contribution in [-0.4, -0.2) is 66.4 Å². The van der Waals surface area contributed by atoms with Gasteiger partial charge in [0, 0.05) is 46.5 Å². The maximum atomic E-state index is 12.6. The molecule has 1 aliphatic rings. The van der Waals surface area contributed by atoms with Gasteiger partial charge < -0.3 is 19.9 Å². The summed E-state index contributed by atoms with van der Waals surface area (Å²) < 4.78 is 7.61. The third-order valence-electron chi connectivity index (χ3n) is 4.98. The summed E-state index contributed by atoms with van der Waals surface area (Å²) in [6.45, 7) is 5.11. The first kappa shape index (κ1) is 24.1. The Morgan fingerprint density at radius 2 is 2.07 bits per heavy atom. The molecule has 3 rings (SSSR count). The number of aryl methyl sites for hydroxylation is 1. The number of hydrogen-bond donors (Lipinski definition) is 1. The van der Waals surface area contributed by atoms with Gasteiger partial charge in [0.05, 0.1) is 18.0 Å². The van der Waals surface area contributed by atoms with E-state index in [-0.39, 0.29) is 36.0 Å². The van der Waals surface area contributed by atoms with Crippen LogP contribution in [-0.2, 0) is 16.6 Å². The quantitative estimate of drug-likeness (QED) is 0.260. The molecule has 1 saturated heterocycles. The number of benzene rings is 1. The molecule has 8 nitrogen and oxygen atoms in total. The van der Waals surface area contributed by atoms with Gasteiger partial charge in [-0.25, -0.2) is 0 Å². The number of carbonyl (C=O) groups is 1. The van der Waals surface area contributed by atoms with Crippen molar-refractivity contribution >= 4 is 41.5 Å². The number of nitrogens with zero attached hydrogens (tertiary/aromatic N) is 5. The largest absolute Gasteiger partial charge is 0.374 e. The highest BCUT2D eigenvalue weighted by Gasteiger charge is 2.27. The average Bonchev–Trinajstić information content (AvgIpc) is 3.17. The van der Waals surface area contributed by atoms with Crippen LogP contribution in [0.1, 0.15) is 25.0 Å². The number of hydrogen-bond acceptors (Lipinski definition) is 4. The van der Waals surface area contributed by atoms with E-state index in [4.69, 9.17) is 4.74 Å². The minimum atomic E-state index is 0. The van der Waals surface area contributed by atoms with E-state index >= 15 is 0 Å². The van der Waals surface area contributed by atoms with Crippen LogP contribution in [0, 0.1) is 0 Å². The van der Waals surface area contributed by atoms with Gasteiger partial charge in [0.1, 0.15) is 6.54 Å². The first-order chi connectivity index (χ1) is 14.1. The van der Waals surface area contributed by atoms with Crippen molar-refractivity contribution in [2.75, 3.05) is 44.7 Å². The van der Waals surface area contributed by atoms with E-state index in [1.54, 1.807) is 22.8 Å². The van der Waals surface area contributed by atoms with Crippen LogP contribution in [0.3, 0.4) is 0 Å². The van der Waals surface area contributed by atoms with Gasteiger partial charge >= 0.3 is 0 Å². The lowest BCUT2D eigenvalue weighted by molar-refractivity contribution is -0.120. The highest BCUT2D eigenvalue weighted by molar-refractivity contribution is 14.0. The maximum Gasteiger partial charge on any atom is 0.246 e. The second-order valence-electron chi connectivity index (χ2n) is 7.09. The molecule has 1 amide bonds. The summed E-state index contributed by atoms with van der Waals surface area (Å²) in [6, 6.07) is 10.2. The van der Waals surface area contributed by atoms with Crippen LogP contribution in [0.5, 0.6) is 0 Å². The van der Waals surface area contributed by atoms with Gasteiger partial charge in [-0.15, -0.1) is 24.0 Å². The van der Waals surface area contributed by atoms with Gasteiger partial charge in [-0.2, -0.15) is 5.10 Å². The van der Waals surface area contributed by atoms with Crippen molar-refractivity contribution < 1.29 is 9.53 Å². The number of carbonyl (C=O) groups excluding carboxylic acids is 1. The zero-order valence-corrected chi connectivity index (χ0v) is 20.2. The summed E-state index contributed by atoms with van der Waals surface area (Å²) in [7, 11) is 3.59.